The molecule has 2 fully saturated rings. The first-order valence-electron chi connectivity index (χ1n) is 8.11. The number of anilines is 1. The second-order valence-corrected chi connectivity index (χ2v) is 10.4. The molecule has 2 aliphatic heterocycles. The number of aliphatic carboxylic acids is 1. The summed E-state index contributed by atoms with van der Waals surface area (Å²) in [5, 5.41) is 9.36. The first kappa shape index (κ1) is 20.4. The Labute approximate surface area is 170 Å². The SMILES string of the molecule is O=C(O)CCCC(=O)N=C1SC2CS(=O)(=O)CC2N1c1cccc(Cl)c1Cl. The maximum Gasteiger partial charge on any atom is 0.303 e. The molecular formula is C16H16Cl2N2O5S2. The lowest BCUT2D eigenvalue weighted by molar-refractivity contribution is -0.137. The zero-order valence-corrected chi connectivity index (χ0v) is 17.1. The predicted molar refractivity (Wildman–Crippen MR) is 107 cm³/mol. The molecule has 2 unspecified atom stereocenters. The van der Waals surface area contributed by atoms with Crippen molar-refractivity contribution in [1.29, 1.82) is 0 Å². The minimum atomic E-state index is -3.19. The Balaban J connectivity index is 1.91. The fourth-order valence-electron chi connectivity index (χ4n) is 3.08. The summed E-state index contributed by atoms with van der Waals surface area (Å²) in [7, 11) is -3.19. The molecule has 1 amide bonds. The summed E-state index contributed by atoms with van der Waals surface area (Å²) in [5.41, 5.74) is 0.498. The highest BCUT2D eigenvalue weighted by Gasteiger charge is 2.49. The van der Waals surface area contributed by atoms with Gasteiger partial charge in [0.25, 0.3) is 0 Å². The molecule has 2 saturated heterocycles. The van der Waals surface area contributed by atoms with E-state index in [2.05, 4.69) is 4.99 Å². The van der Waals surface area contributed by atoms with Gasteiger partial charge in [0.2, 0.25) is 5.91 Å². The molecule has 1 N–H and O–H groups in total. The van der Waals surface area contributed by atoms with Crippen LogP contribution in [0.25, 0.3) is 0 Å². The van der Waals surface area contributed by atoms with Crippen molar-refractivity contribution in [3.63, 3.8) is 0 Å². The Bertz CT molecular complexity index is 919. The van der Waals surface area contributed by atoms with Crippen molar-refractivity contribution in [2.45, 2.75) is 30.6 Å². The number of amidine groups is 1. The van der Waals surface area contributed by atoms with E-state index in [-0.39, 0.29) is 47.1 Å². The van der Waals surface area contributed by atoms with Gasteiger partial charge in [-0.1, -0.05) is 41.0 Å². The molecule has 27 heavy (non-hydrogen) atoms. The van der Waals surface area contributed by atoms with Crippen molar-refractivity contribution in [3.05, 3.63) is 28.2 Å². The lowest BCUT2D eigenvalue weighted by Crippen LogP contribution is -2.38. The van der Waals surface area contributed by atoms with Crippen molar-refractivity contribution in [2.24, 2.45) is 4.99 Å². The fraction of sp³-hybridized carbons (Fsp3) is 0.438. The molecule has 0 aromatic heterocycles. The van der Waals surface area contributed by atoms with Crippen LogP contribution in [-0.4, -0.2) is 53.4 Å². The molecule has 7 nitrogen and oxygen atoms in total. The highest BCUT2D eigenvalue weighted by Crippen LogP contribution is 2.44. The fourth-order valence-corrected chi connectivity index (χ4v) is 7.39. The number of carbonyl (C=O) groups is 2. The molecule has 146 valence electrons. The summed E-state index contributed by atoms with van der Waals surface area (Å²) in [6.07, 6.45) is 0.0763. The van der Waals surface area contributed by atoms with E-state index in [0.717, 1.165) is 0 Å². The van der Waals surface area contributed by atoms with E-state index in [0.29, 0.717) is 15.9 Å². The smallest absolute Gasteiger partial charge is 0.303 e. The molecule has 2 aliphatic rings. The van der Waals surface area contributed by atoms with Gasteiger partial charge < -0.3 is 10.0 Å². The predicted octanol–water partition coefficient (Wildman–Crippen LogP) is 2.85. The highest BCUT2D eigenvalue weighted by molar-refractivity contribution is 8.16. The van der Waals surface area contributed by atoms with Crippen LogP contribution in [0.4, 0.5) is 5.69 Å². The van der Waals surface area contributed by atoms with E-state index in [1.807, 2.05) is 0 Å². The molecular weight excluding hydrogens is 435 g/mol. The Morgan fingerprint density at radius 1 is 1.26 bits per heavy atom. The van der Waals surface area contributed by atoms with Crippen LogP contribution in [-0.2, 0) is 19.4 Å². The Kier molecular flexibility index (Phi) is 6.05. The van der Waals surface area contributed by atoms with Crippen LogP contribution in [0.15, 0.2) is 23.2 Å². The number of aliphatic imine (C=N–C) groups is 1. The average molecular weight is 451 g/mol. The number of nitrogens with zero attached hydrogens (tertiary/aromatic N) is 2. The number of thioether (sulfide) groups is 1. The summed E-state index contributed by atoms with van der Waals surface area (Å²) < 4.78 is 24.1. The number of halogens is 2. The number of hydrogen-bond donors (Lipinski definition) is 1. The topological polar surface area (TPSA) is 104 Å². The molecule has 11 heteroatoms. The highest BCUT2D eigenvalue weighted by atomic mass is 35.5. The van der Waals surface area contributed by atoms with Gasteiger partial charge in [-0.05, 0) is 18.6 Å². The summed E-state index contributed by atoms with van der Waals surface area (Å²) in [5.74, 6) is -1.48. The van der Waals surface area contributed by atoms with Crippen LogP contribution in [0.1, 0.15) is 19.3 Å². The molecule has 0 spiro atoms. The van der Waals surface area contributed by atoms with E-state index >= 15 is 0 Å². The third-order valence-electron chi connectivity index (χ3n) is 4.26. The van der Waals surface area contributed by atoms with Gasteiger partial charge in [-0.15, -0.1) is 0 Å². The Morgan fingerprint density at radius 2 is 2.00 bits per heavy atom. The molecule has 0 saturated carbocycles. The number of sulfone groups is 1. The van der Waals surface area contributed by atoms with Crippen LogP contribution in [0.5, 0.6) is 0 Å². The second-order valence-electron chi connectivity index (χ2n) is 6.28. The zero-order valence-electron chi connectivity index (χ0n) is 14.0. The number of rotatable bonds is 5. The van der Waals surface area contributed by atoms with Crippen molar-refractivity contribution >= 4 is 67.5 Å². The molecule has 2 atom stereocenters. The van der Waals surface area contributed by atoms with Crippen molar-refractivity contribution in [1.82, 2.24) is 0 Å². The van der Waals surface area contributed by atoms with Gasteiger partial charge in [0.05, 0.1) is 33.3 Å². The summed E-state index contributed by atoms with van der Waals surface area (Å²) in [6.45, 7) is 0. The number of carboxylic acids is 1. The number of carbonyl (C=O) groups excluding carboxylic acids is 1. The van der Waals surface area contributed by atoms with E-state index < -0.39 is 21.7 Å². The van der Waals surface area contributed by atoms with Crippen LogP contribution in [0.2, 0.25) is 10.0 Å². The molecule has 3 rings (SSSR count). The van der Waals surface area contributed by atoms with Gasteiger partial charge in [0, 0.05) is 18.1 Å². The Hall–Kier alpha value is -1.29. The number of benzene rings is 1. The molecule has 1 aromatic carbocycles. The third-order valence-corrected chi connectivity index (χ3v) is 8.28. The number of fused-ring (bicyclic) bond motifs is 1. The number of carboxylic acid groups (broad SMARTS) is 1. The lowest BCUT2D eigenvalue weighted by Gasteiger charge is -2.25. The van der Waals surface area contributed by atoms with E-state index in [9.17, 15) is 18.0 Å². The summed E-state index contributed by atoms with van der Waals surface area (Å²) >= 11 is 13.6. The molecule has 0 aliphatic carbocycles. The number of hydrogen-bond acceptors (Lipinski definition) is 5. The minimum absolute atomic E-state index is 0.00110. The largest absolute Gasteiger partial charge is 0.481 e. The van der Waals surface area contributed by atoms with E-state index in [1.165, 1.54) is 11.8 Å². The first-order chi connectivity index (χ1) is 12.7. The summed E-state index contributed by atoms with van der Waals surface area (Å²) in [6, 6.07) is 4.62. The Morgan fingerprint density at radius 3 is 2.70 bits per heavy atom. The van der Waals surface area contributed by atoms with Crippen molar-refractivity contribution in [2.75, 3.05) is 16.4 Å². The van der Waals surface area contributed by atoms with Crippen molar-refractivity contribution in [3.8, 4) is 0 Å². The summed E-state index contributed by atoms with van der Waals surface area (Å²) in [4.78, 5) is 28.5. The monoisotopic (exact) mass is 450 g/mol. The standard InChI is InChI=1S/C16H16Cl2N2O5S2/c17-9-3-1-4-10(15(9)18)20-11-7-27(24,25)8-12(11)26-16(20)19-13(21)5-2-6-14(22)23/h1,3-4,11-12H,2,5-8H2,(H,22,23). The van der Waals surface area contributed by atoms with Gasteiger partial charge in [0.1, 0.15) is 0 Å². The van der Waals surface area contributed by atoms with Gasteiger partial charge in [-0.25, -0.2) is 8.42 Å². The zero-order chi connectivity index (χ0) is 19.8. The molecule has 0 bridgehead atoms. The molecule has 2 heterocycles. The maximum atomic E-state index is 12.2. The second kappa shape index (κ2) is 7.98. The van der Waals surface area contributed by atoms with Gasteiger partial charge in [-0.3, -0.25) is 9.59 Å². The van der Waals surface area contributed by atoms with E-state index in [4.69, 9.17) is 28.3 Å². The molecule has 0 radical (unpaired) electrons. The van der Waals surface area contributed by atoms with Gasteiger partial charge >= 0.3 is 5.97 Å². The lowest BCUT2D eigenvalue weighted by atomic mass is 10.2. The third kappa shape index (κ3) is 4.59. The maximum absolute atomic E-state index is 12.2. The quantitative estimate of drug-likeness (QED) is 0.734. The van der Waals surface area contributed by atoms with Gasteiger partial charge in [-0.2, -0.15) is 4.99 Å². The van der Waals surface area contributed by atoms with Crippen LogP contribution >= 0.6 is 35.0 Å². The normalized spacial score (nSPS) is 25.0. The van der Waals surface area contributed by atoms with Crippen LogP contribution in [0, 0.1) is 0 Å². The van der Waals surface area contributed by atoms with Crippen LogP contribution < -0.4 is 4.90 Å². The van der Waals surface area contributed by atoms with Gasteiger partial charge in [0.15, 0.2) is 15.0 Å². The first-order valence-corrected chi connectivity index (χ1v) is 11.6. The molecule has 1 aromatic rings. The average Bonchev–Trinajstić information content (AvgIpc) is 3.01. The van der Waals surface area contributed by atoms with Crippen molar-refractivity contribution < 1.29 is 23.1 Å². The number of amides is 1. The minimum Gasteiger partial charge on any atom is -0.481 e. The van der Waals surface area contributed by atoms with E-state index in [1.54, 1.807) is 23.1 Å². The van der Waals surface area contributed by atoms with Crippen LogP contribution in [0.3, 0.4) is 0 Å².